The molecule has 2 fully saturated rings. The lowest BCUT2D eigenvalue weighted by atomic mass is 9.96. The molecule has 0 aliphatic carbocycles. The Bertz CT molecular complexity index is 407. The minimum Gasteiger partial charge on any atom is -0.347 e. The molecule has 0 saturated carbocycles. The molecule has 1 aromatic carbocycles. The van der Waals surface area contributed by atoms with Gasteiger partial charge in [-0.3, -0.25) is 0 Å². The van der Waals surface area contributed by atoms with Gasteiger partial charge in [0, 0.05) is 6.54 Å². The highest BCUT2D eigenvalue weighted by molar-refractivity contribution is 5.28. The molecule has 1 aromatic rings. The summed E-state index contributed by atoms with van der Waals surface area (Å²) in [6.07, 6.45) is 1.32. The molecule has 2 aliphatic heterocycles. The van der Waals surface area contributed by atoms with Gasteiger partial charge in [0.15, 0.2) is 5.79 Å². The molecular formula is C15H21NO2. The first kappa shape index (κ1) is 12.2. The van der Waals surface area contributed by atoms with Crippen molar-refractivity contribution in [2.75, 3.05) is 19.7 Å². The highest BCUT2D eigenvalue weighted by Crippen LogP contribution is 2.33. The zero-order valence-electron chi connectivity index (χ0n) is 11.1. The van der Waals surface area contributed by atoms with Crippen LogP contribution in [0.4, 0.5) is 0 Å². The molecule has 0 aromatic heterocycles. The number of hydrogen-bond acceptors (Lipinski definition) is 3. The average Bonchev–Trinajstić information content (AvgIpc) is 2.98. The Morgan fingerprint density at radius 2 is 1.89 bits per heavy atom. The van der Waals surface area contributed by atoms with Gasteiger partial charge in [0.1, 0.15) is 6.10 Å². The maximum atomic E-state index is 5.87. The molecule has 3 nitrogen and oxygen atoms in total. The van der Waals surface area contributed by atoms with E-state index in [1.807, 2.05) is 13.8 Å². The molecule has 0 bridgehead atoms. The smallest absolute Gasteiger partial charge is 0.163 e. The van der Waals surface area contributed by atoms with Crippen molar-refractivity contribution in [2.24, 2.45) is 0 Å². The third-order valence-electron chi connectivity index (χ3n) is 3.85. The van der Waals surface area contributed by atoms with Gasteiger partial charge in [-0.1, -0.05) is 24.3 Å². The molecule has 2 unspecified atom stereocenters. The molecule has 3 heteroatoms. The zero-order valence-corrected chi connectivity index (χ0v) is 11.1. The molecule has 0 radical (unpaired) electrons. The second-order valence-corrected chi connectivity index (χ2v) is 5.67. The summed E-state index contributed by atoms with van der Waals surface area (Å²) < 4.78 is 11.5. The van der Waals surface area contributed by atoms with E-state index < -0.39 is 5.79 Å². The minimum absolute atomic E-state index is 0.0794. The predicted molar refractivity (Wildman–Crippen MR) is 70.5 cm³/mol. The Morgan fingerprint density at radius 3 is 2.44 bits per heavy atom. The van der Waals surface area contributed by atoms with E-state index in [0.717, 1.165) is 13.1 Å². The van der Waals surface area contributed by atoms with E-state index in [4.69, 9.17) is 9.47 Å². The molecule has 2 atom stereocenters. The summed E-state index contributed by atoms with van der Waals surface area (Å²) in [7, 11) is 0. The van der Waals surface area contributed by atoms with Crippen LogP contribution in [-0.4, -0.2) is 25.5 Å². The van der Waals surface area contributed by atoms with Crippen LogP contribution in [0.15, 0.2) is 24.3 Å². The molecule has 18 heavy (non-hydrogen) atoms. The van der Waals surface area contributed by atoms with Crippen molar-refractivity contribution in [3.63, 3.8) is 0 Å². The maximum Gasteiger partial charge on any atom is 0.163 e. The van der Waals surface area contributed by atoms with Crippen molar-refractivity contribution in [3.8, 4) is 0 Å². The Hall–Kier alpha value is -0.900. The monoisotopic (exact) mass is 247 g/mol. The summed E-state index contributed by atoms with van der Waals surface area (Å²) in [4.78, 5) is 0. The number of ether oxygens (including phenoxy) is 2. The molecule has 3 rings (SSSR count). The van der Waals surface area contributed by atoms with Crippen molar-refractivity contribution in [3.05, 3.63) is 35.4 Å². The number of rotatable bonds is 2. The molecular weight excluding hydrogens is 226 g/mol. The quantitative estimate of drug-likeness (QED) is 0.871. The van der Waals surface area contributed by atoms with Crippen LogP contribution in [0.25, 0.3) is 0 Å². The van der Waals surface area contributed by atoms with E-state index in [-0.39, 0.29) is 6.10 Å². The van der Waals surface area contributed by atoms with Crippen LogP contribution >= 0.6 is 0 Å². The lowest BCUT2D eigenvalue weighted by molar-refractivity contribution is -0.139. The van der Waals surface area contributed by atoms with E-state index in [9.17, 15) is 0 Å². The van der Waals surface area contributed by atoms with Crippen LogP contribution in [0.2, 0.25) is 0 Å². The first-order chi connectivity index (χ1) is 8.64. The number of hydrogen-bond donors (Lipinski definition) is 1. The second-order valence-electron chi connectivity index (χ2n) is 5.67. The van der Waals surface area contributed by atoms with E-state index >= 15 is 0 Å². The van der Waals surface area contributed by atoms with Crippen LogP contribution in [0.5, 0.6) is 0 Å². The van der Waals surface area contributed by atoms with Crippen molar-refractivity contribution < 1.29 is 9.47 Å². The van der Waals surface area contributed by atoms with E-state index in [1.54, 1.807) is 0 Å². The number of nitrogens with one attached hydrogen (secondary N) is 1. The van der Waals surface area contributed by atoms with Gasteiger partial charge in [-0.25, -0.2) is 0 Å². The first-order valence-corrected chi connectivity index (χ1v) is 6.76. The van der Waals surface area contributed by atoms with Crippen LogP contribution < -0.4 is 5.32 Å². The van der Waals surface area contributed by atoms with Gasteiger partial charge in [0.2, 0.25) is 0 Å². The summed E-state index contributed by atoms with van der Waals surface area (Å²) >= 11 is 0. The molecule has 1 N–H and O–H groups in total. The van der Waals surface area contributed by atoms with E-state index in [2.05, 4.69) is 29.6 Å². The molecule has 2 heterocycles. The Kier molecular flexibility index (Phi) is 3.14. The first-order valence-electron chi connectivity index (χ1n) is 6.76. The van der Waals surface area contributed by atoms with Crippen molar-refractivity contribution in [1.82, 2.24) is 5.32 Å². The summed E-state index contributed by atoms with van der Waals surface area (Å²) in [5.74, 6) is 0.231. The van der Waals surface area contributed by atoms with Gasteiger partial charge < -0.3 is 14.8 Å². The van der Waals surface area contributed by atoms with E-state index in [0.29, 0.717) is 12.5 Å². The van der Waals surface area contributed by atoms with Crippen molar-refractivity contribution in [2.45, 2.75) is 38.1 Å². The molecule has 2 aliphatic rings. The average molecular weight is 247 g/mol. The zero-order chi connectivity index (χ0) is 12.6. The summed E-state index contributed by atoms with van der Waals surface area (Å²) in [5.41, 5.74) is 2.65. The Labute approximate surface area is 108 Å². The van der Waals surface area contributed by atoms with Gasteiger partial charge in [0.25, 0.3) is 0 Å². The SMILES string of the molecule is CC1(C)OCC(c2ccc(C3CCNC3)cc2)O1. The third kappa shape index (κ3) is 2.44. The Morgan fingerprint density at radius 1 is 1.17 bits per heavy atom. The summed E-state index contributed by atoms with van der Waals surface area (Å²) in [5, 5.41) is 3.41. The van der Waals surface area contributed by atoms with Crippen LogP contribution in [-0.2, 0) is 9.47 Å². The summed E-state index contributed by atoms with van der Waals surface area (Å²) in [6, 6.07) is 8.84. The molecule has 2 saturated heterocycles. The van der Waals surface area contributed by atoms with Crippen molar-refractivity contribution in [1.29, 1.82) is 0 Å². The third-order valence-corrected chi connectivity index (χ3v) is 3.85. The fourth-order valence-corrected chi connectivity index (χ4v) is 2.77. The van der Waals surface area contributed by atoms with Crippen molar-refractivity contribution >= 4 is 0 Å². The van der Waals surface area contributed by atoms with Crippen LogP contribution in [0, 0.1) is 0 Å². The molecule has 0 amide bonds. The topological polar surface area (TPSA) is 30.5 Å². The highest BCUT2D eigenvalue weighted by Gasteiger charge is 2.33. The van der Waals surface area contributed by atoms with Gasteiger partial charge in [-0.2, -0.15) is 0 Å². The fourth-order valence-electron chi connectivity index (χ4n) is 2.77. The van der Waals surface area contributed by atoms with E-state index in [1.165, 1.54) is 17.5 Å². The second kappa shape index (κ2) is 4.65. The lowest BCUT2D eigenvalue weighted by Crippen LogP contribution is -2.19. The van der Waals surface area contributed by atoms with Gasteiger partial charge in [-0.15, -0.1) is 0 Å². The standard InChI is InChI=1S/C15H21NO2/c1-15(2)17-10-14(18-15)12-5-3-11(4-6-12)13-7-8-16-9-13/h3-6,13-14,16H,7-10H2,1-2H3. The van der Waals surface area contributed by atoms with Crippen LogP contribution in [0.1, 0.15) is 43.4 Å². The number of benzene rings is 1. The lowest BCUT2D eigenvalue weighted by Gasteiger charge is -2.17. The van der Waals surface area contributed by atoms with Gasteiger partial charge in [0.05, 0.1) is 6.61 Å². The minimum atomic E-state index is -0.446. The molecule has 0 spiro atoms. The Balaban J connectivity index is 1.71. The van der Waals surface area contributed by atoms with Crippen LogP contribution in [0.3, 0.4) is 0 Å². The van der Waals surface area contributed by atoms with Gasteiger partial charge in [-0.05, 0) is 43.9 Å². The molecule has 98 valence electrons. The van der Waals surface area contributed by atoms with Gasteiger partial charge >= 0.3 is 0 Å². The highest BCUT2D eigenvalue weighted by atomic mass is 16.7. The largest absolute Gasteiger partial charge is 0.347 e. The normalized spacial score (nSPS) is 30.8. The maximum absolute atomic E-state index is 5.87. The predicted octanol–water partition coefficient (Wildman–Crippen LogP) is 2.59. The summed E-state index contributed by atoms with van der Waals surface area (Å²) in [6.45, 7) is 6.82. The fraction of sp³-hybridized carbons (Fsp3) is 0.600.